The summed E-state index contributed by atoms with van der Waals surface area (Å²) in [5.41, 5.74) is 4.25. The molecule has 0 spiro atoms. The lowest BCUT2D eigenvalue weighted by molar-refractivity contribution is 0.0955. The Morgan fingerprint density at radius 3 is 2.96 bits per heavy atom. The summed E-state index contributed by atoms with van der Waals surface area (Å²) < 4.78 is 0. The fourth-order valence-electron chi connectivity index (χ4n) is 4.03. The quantitative estimate of drug-likeness (QED) is 0.770. The number of rotatable bonds is 3. The molecule has 2 aromatic rings. The third kappa shape index (κ3) is 2.93. The molecule has 0 saturated heterocycles. The smallest absolute Gasteiger partial charge is 0.251 e. The first-order chi connectivity index (χ1) is 12.2. The molecule has 3 nitrogen and oxygen atoms in total. The van der Waals surface area contributed by atoms with Crippen LogP contribution in [0.2, 0.25) is 5.02 Å². The van der Waals surface area contributed by atoms with Gasteiger partial charge in [-0.05, 0) is 60.7 Å². The first-order valence-electron chi connectivity index (χ1n) is 8.78. The third-order valence-electron chi connectivity index (χ3n) is 5.17. The van der Waals surface area contributed by atoms with E-state index in [1.165, 1.54) is 11.1 Å². The molecule has 2 aliphatic rings. The van der Waals surface area contributed by atoms with Crippen molar-refractivity contribution < 1.29 is 4.79 Å². The summed E-state index contributed by atoms with van der Waals surface area (Å²) in [5, 5.41) is 7.32. The second-order valence-electron chi connectivity index (χ2n) is 6.69. The number of hydrogen-bond acceptors (Lipinski definition) is 2. The van der Waals surface area contributed by atoms with Gasteiger partial charge < -0.3 is 10.6 Å². The summed E-state index contributed by atoms with van der Waals surface area (Å²) in [6.07, 6.45) is 5.56. The van der Waals surface area contributed by atoms with Crippen molar-refractivity contribution in [2.24, 2.45) is 5.92 Å². The number of amides is 1. The van der Waals surface area contributed by atoms with Crippen molar-refractivity contribution in [2.75, 3.05) is 11.9 Å². The molecule has 0 saturated carbocycles. The molecule has 2 aromatic carbocycles. The Hall–Kier alpha value is -2.26. The molecular weight excluding hydrogens is 332 g/mol. The van der Waals surface area contributed by atoms with Crippen molar-refractivity contribution in [3.8, 4) is 0 Å². The summed E-state index contributed by atoms with van der Waals surface area (Å²) in [4.78, 5) is 12.2. The highest BCUT2D eigenvalue weighted by molar-refractivity contribution is 6.30. The minimum Gasteiger partial charge on any atom is -0.378 e. The monoisotopic (exact) mass is 352 g/mol. The van der Waals surface area contributed by atoms with Crippen LogP contribution in [0.1, 0.15) is 46.8 Å². The van der Waals surface area contributed by atoms with Gasteiger partial charge in [0.1, 0.15) is 0 Å². The van der Waals surface area contributed by atoms with E-state index in [2.05, 4.69) is 28.9 Å². The van der Waals surface area contributed by atoms with E-state index in [1.54, 1.807) is 0 Å². The number of allylic oxidation sites excluding steroid dienone is 2. The topological polar surface area (TPSA) is 41.1 Å². The maximum absolute atomic E-state index is 12.2. The number of carbonyl (C=O) groups excluding carboxylic acids is 1. The lowest BCUT2D eigenvalue weighted by atomic mass is 9.76. The summed E-state index contributed by atoms with van der Waals surface area (Å²) in [5.74, 6) is 0.755. The van der Waals surface area contributed by atoms with Gasteiger partial charge in [0.15, 0.2) is 0 Å². The second-order valence-corrected chi connectivity index (χ2v) is 7.13. The highest BCUT2D eigenvalue weighted by Gasteiger charge is 2.38. The van der Waals surface area contributed by atoms with Crippen LogP contribution >= 0.6 is 11.6 Å². The number of benzene rings is 2. The molecule has 0 fully saturated rings. The van der Waals surface area contributed by atoms with E-state index in [4.69, 9.17) is 11.6 Å². The van der Waals surface area contributed by atoms with Crippen LogP contribution in [0.4, 0.5) is 5.69 Å². The van der Waals surface area contributed by atoms with Gasteiger partial charge in [0, 0.05) is 28.7 Å². The average Bonchev–Trinajstić information content (AvgIpc) is 3.11. The number of anilines is 1. The first-order valence-corrected chi connectivity index (χ1v) is 9.16. The summed E-state index contributed by atoms with van der Waals surface area (Å²) in [6, 6.07) is 14.3. The Balaban J connectivity index is 1.72. The number of fused-ring (bicyclic) bond motifs is 3. The van der Waals surface area contributed by atoms with Crippen LogP contribution in [0.5, 0.6) is 0 Å². The second kappa shape index (κ2) is 6.57. The SMILES string of the molecule is CCNC(=O)c1ccc2c(c1)C1C=CCC1C(c1cccc(Cl)c1)N2. The number of hydrogen-bond donors (Lipinski definition) is 2. The summed E-state index contributed by atoms with van der Waals surface area (Å²) in [7, 11) is 0. The maximum atomic E-state index is 12.2. The van der Waals surface area contributed by atoms with Crippen LogP contribution < -0.4 is 10.6 Å². The van der Waals surface area contributed by atoms with Gasteiger partial charge in [0.2, 0.25) is 0 Å². The molecule has 1 aliphatic heterocycles. The van der Waals surface area contributed by atoms with Gasteiger partial charge in [-0.15, -0.1) is 0 Å². The molecule has 1 heterocycles. The normalized spacial score (nSPS) is 23.5. The Labute approximate surface area is 153 Å². The van der Waals surface area contributed by atoms with E-state index in [9.17, 15) is 4.79 Å². The van der Waals surface area contributed by atoms with Gasteiger partial charge in [-0.25, -0.2) is 0 Å². The van der Waals surface area contributed by atoms with Crippen LogP contribution in [-0.4, -0.2) is 12.5 Å². The molecule has 2 N–H and O–H groups in total. The van der Waals surface area contributed by atoms with Crippen molar-refractivity contribution in [3.63, 3.8) is 0 Å². The van der Waals surface area contributed by atoms with Crippen molar-refractivity contribution in [3.05, 3.63) is 76.3 Å². The fourth-order valence-corrected chi connectivity index (χ4v) is 4.23. The van der Waals surface area contributed by atoms with Gasteiger partial charge in [0.05, 0.1) is 6.04 Å². The van der Waals surface area contributed by atoms with E-state index < -0.39 is 0 Å². The van der Waals surface area contributed by atoms with Crippen molar-refractivity contribution >= 4 is 23.2 Å². The van der Waals surface area contributed by atoms with Crippen molar-refractivity contribution in [1.82, 2.24) is 5.32 Å². The number of nitrogens with one attached hydrogen (secondary N) is 2. The molecule has 3 atom stereocenters. The molecule has 4 rings (SSSR count). The molecule has 4 heteroatoms. The summed E-state index contributed by atoms with van der Waals surface area (Å²) in [6.45, 7) is 2.57. The van der Waals surface area contributed by atoms with Crippen molar-refractivity contribution in [2.45, 2.75) is 25.3 Å². The van der Waals surface area contributed by atoms with Gasteiger partial charge in [-0.3, -0.25) is 4.79 Å². The Morgan fingerprint density at radius 2 is 2.16 bits per heavy atom. The average molecular weight is 353 g/mol. The van der Waals surface area contributed by atoms with Gasteiger partial charge in [0.25, 0.3) is 5.91 Å². The number of carbonyl (C=O) groups is 1. The zero-order valence-electron chi connectivity index (χ0n) is 14.1. The zero-order valence-corrected chi connectivity index (χ0v) is 14.9. The highest BCUT2D eigenvalue weighted by atomic mass is 35.5. The lowest BCUT2D eigenvalue weighted by Crippen LogP contribution is -2.30. The van der Waals surface area contributed by atoms with Crippen LogP contribution in [0.25, 0.3) is 0 Å². The van der Waals surface area contributed by atoms with Gasteiger partial charge in [-0.2, -0.15) is 0 Å². The molecule has 25 heavy (non-hydrogen) atoms. The molecule has 1 aliphatic carbocycles. The van der Waals surface area contributed by atoms with E-state index in [0.29, 0.717) is 18.4 Å². The molecular formula is C21H21ClN2O. The van der Waals surface area contributed by atoms with E-state index >= 15 is 0 Å². The Kier molecular flexibility index (Phi) is 4.26. The van der Waals surface area contributed by atoms with E-state index in [-0.39, 0.29) is 11.9 Å². The van der Waals surface area contributed by atoms with Crippen LogP contribution in [0, 0.1) is 5.92 Å². The van der Waals surface area contributed by atoms with Crippen LogP contribution in [0.3, 0.4) is 0 Å². The highest BCUT2D eigenvalue weighted by Crippen LogP contribution is 2.50. The minimum absolute atomic E-state index is 0.0132. The Morgan fingerprint density at radius 1 is 1.28 bits per heavy atom. The predicted octanol–water partition coefficient (Wildman–Crippen LogP) is 4.92. The largest absolute Gasteiger partial charge is 0.378 e. The van der Waals surface area contributed by atoms with Crippen LogP contribution in [0.15, 0.2) is 54.6 Å². The fraction of sp³-hybridized carbons (Fsp3) is 0.286. The zero-order chi connectivity index (χ0) is 17.4. The summed E-state index contributed by atoms with van der Waals surface area (Å²) >= 11 is 6.20. The predicted molar refractivity (Wildman–Crippen MR) is 102 cm³/mol. The van der Waals surface area contributed by atoms with Crippen molar-refractivity contribution in [1.29, 1.82) is 0 Å². The minimum atomic E-state index is -0.0132. The van der Waals surface area contributed by atoms with E-state index in [0.717, 1.165) is 22.7 Å². The standard InChI is InChI=1S/C21H21ClN2O/c1-2-23-21(25)14-9-10-19-18(12-14)16-7-4-8-17(16)20(24-19)13-5-3-6-15(22)11-13/h3-7,9-12,16-17,20,24H,2,8H2,1H3,(H,23,25). The maximum Gasteiger partial charge on any atom is 0.251 e. The van der Waals surface area contributed by atoms with E-state index in [1.807, 2.05) is 43.3 Å². The molecule has 3 unspecified atom stereocenters. The molecule has 128 valence electrons. The molecule has 0 aromatic heterocycles. The molecule has 1 amide bonds. The van der Waals surface area contributed by atoms with Gasteiger partial charge in [-0.1, -0.05) is 35.9 Å². The van der Waals surface area contributed by atoms with Gasteiger partial charge >= 0.3 is 0 Å². The third-order valence-corrected chi connectivity index (χ3v) is 5.41. The molecule has 0 bridgehead atoms. The number of halogens is 1. The first kappa shape index (κ1) is 16.2. The van der Waals surface area contributed by atoms with Crippen LogP contribution in [-0.2, 0) is 0 Å². The Bertz CT molecular complexity index is 846. The lowest BCUT2D eigenvalue weighted by Gasteiger charge is -2.37. The molecule has 0 radical (unpaired) electrons.